The van der Waals surface area contributed by atoms with Gasteiger partial charge in [0.1, 0.15) is 0 Å². The molecule has 1 saturated carbocycles. The van der Waals surface area contributed by atoms with Crippen molar-refractivity contribution in [2.75, 3.05) is 0 Å². The van der Waals surface area contributed by atoms with Crippen LogP contribution in [-0.2, 0) is 5.41 Å². The highest BCUT2D eigenvalue weighted by atomic mass is 15.1. The van der Waals surface area contributed by atoms with Gasteiger partial charge in [-0.15, -0.1) is 0 Å². The normalized spacial score (nSPS) is 19.4. The third-order valence-corrected chi connectivity index (χ3v) is 4.37. The summed E-state index contributed by atoms with van der Waals surface area (Å²) in [5, 5.41) is 0. The van der Waals surface area contributed by atoms with Gasteiger partial charge in [0.15, 0.2) is 0 Å². The maximum Gasteiger partial charge on any atom is 0.0960 e. The Morgan fingerprint density at radius 3 is 2.56 bits per heavy atom. The Labute approximate surface area is 108 Å². The molecular weight excluding hydrogens is 222 g/mol. The van der Waals surface area contributed by atoms with E-state index in [-0.39, 0.29) is 11.5 Å². The van der Waals surface area contributed by atoms with E-state index < -0.39 is 0 Å². The molecule has 1 fully saturated rings. The van der Waals surface area contributed by atoms with Crippen molar-refractivity contribution in [2.45, 2.75) is 51.1 Å². The first-order chi connectivity index (χ1) is 8.54. The number of nitrogens with two attached hydrogens (primary N) is 1. The highest BCUT2D eigenvalue weighted by molar-refractivity contribution is 5.77. The topological polar surface area (TPSA) is 43.8 Å². The zero-order valence-electron chi connectivity index (χ0n) is 11.4. The molecule has 1 aromatic heterocycles. The van der Waals surface area contributed by atoms with Gasteiger partial charge in [-0.05, 0) is 51.3 Å². The molecule has 18 heavy (non-hydrogen) atoms. The SMILES string of the molecule is CC(C)n1cnc2cc(C3(C(C)N)CC3)ccc21. The fraction of sp³-hybridized carbons (Fsp3) is 0.533. The van der Waals surface area contributed by atoms with Gasteiger partial charge in [-0.3, -0.25) is 0 Å². The van der Waals surface area contributed by atoms with Gasteiger partial charge >= 0.3 is 0 Å². The van der Waals surface area contributed by atoms with Crippen molar-refractivity contribution in [1.29, 1.82) is 0 Å². The van der Waals surface area contributed by atoms with Crippen molar-refractivity contribution in [3.63, 3.8) is 0 Å². The van der Waals surface area contributed by atoms with Crippen LogP contribution in [0.1, 0.15) is 45.2 Å². The number of fused-ring (bicyclic) bond motifs is 1. The second-order valence-corrected chi connectivity index (χ2v) is 5.89. The van der Waals surface area contributed by atoms with Crippen LogP contribution in [0.5, 0.6) is 0 Å². The zero-order chi connectivity index (χ0) is 12.9. The summed E-state index contributed by atoms with van der Waals surface area (Å²) in [4.78, 5) is 4.52. The fourth-order valence-electron chi connectivity index (χ4n) is 2.89. The molecular formula is C15H21N3. The van der Waals surface area contributed by atoms with E-state index in [1.54, 1.807) is 0 Å². The molecule has 2 aromatic rings. The first-order valence-corrected chi connectivity index (χ1v) is 6.77. The Hall–Kier alpha value is -1.35. The molecule has 1 aromatic carbocycles. The summed E-state index contributed by atoms with van der Waals surface area (Å²) in [5.74, 6) is 0. The van der Waals surface area contributed by atoms with Gasteiger partial charge in [-0.25, -0.2) is 4.98 Å². The summed E-state index contributed by atoms with van der Waals surface area (Å²) in [5.41, 5.74) is 10.0. The lowest BCUT2D eigenvalue weighted by molar-refractivity contribution is 0.557. The zero-order valence-corrected chi connectivity index (χ0v) is 11.4. The molecule has 0 spiro atoms. The summed E-state index contributed by atoms with van der Waals surface area (Å²) in [6.45, 7) is 6.47. The summed E-state index contributed by atoms with van der Waals surface area (Å²) >= 11 is 0. The first kappa shape index (κ1) is 11.7. The summed E-state index contributed by atoms with van der Waals surface area (Å²) in [6, 6.07) is 7.33. The molecule has 2 N–H and O–H groups in total. The molecule has 0 bridgehead atoms. The van der Waals surface area contributed by atoms with E-state index in [2.05, 4.69) is 48.5 Å². The van der Waals surface area contributed by atoms with Crippen molar-refractivity contribution < 1.29 is 0 Å². The highest BCUT2D eigenvalue weighted by Crippen LogP contribution is 2.50. The van der Waals surface area contributed by atoms with E-state index in [1.165, 1.54) is 23.9 Å². The molecule has 96 valence electrons. The van der Waals surface area contributed by atoms with Crippen LogP contribution >= 0.6 is 0 Å². The number of aromatic nitrogens is 2. The van der Waals surface area contributed by atoms with E-state index >= 15 is 0 Å². The number of rotatable bonds is 3. The molecule has 1 aliphatic rings. The predicted molar refractivity (Wildman–Crippen MR) is 74.7 cm³/mol. The average Bonchev–Trinajstić information content (AvgIpc) is 3.03. The van der Waals surface area contributed by atoms with Crippen LogP contribution in [0, 0.1) is 0 Å². The van der Waals surface area contributed by atoms with Crippen LogP contribution in [0.15, 0.2) is 24.5 Å². The Bertz CT molecular complexity index is 576. The fourth-order valence-corrected chi connectivity index (χ4v) is 2.89. The second kappa shape index (κ2) is 3.82. The van der Waals surface area contributed by atoms with Crippen LogP contribution in [0.2, 0.25) is 0 Å². The van der Waals surface area contributed by atoms with Gasteiger partial charge in [0, 0.05) is 17.5 Å². The van der Waals surface area contributed by atoms with Gasteiger partial charge in [0.05, 0.1) is 17.4 Å². The Morgan fingerprint density at radius 1 is 1.28 bits per heavy atom. The molecule has 1 aliphatic carbocycles. The molecule has 3 heteroatoms. The number of nitrogens with zero attached hydrogens (tertiary/aromatic N) is 2. The van der Waals surface area contributed by atoms with Crippen molar-refractivity contribution in [3.8, 4) is 0 Å². The standard InChI is InChI=1S/C15H21N3/c1-10(2)18-9-17-13-8-12(4-5-14(13)18)15(6-7-15)11(3)16/h4-5,8-11H,6-7,16H2,1-3H3. The molecule has 0 radical (unpaired) electrons. The van der Waals surface area contributed by atoms with Crippen LogP contribution in [-0.4, -0.2) is 15.6 Å². The second-order valence-electron chi connectivity index (χ2n) is 5.89. The van der Waals surface area contributed by atoms with Crippen molar-refractivity contribution in [3.05, 3.63) is 30.1 Å². The average molecular weight is 243 g/mol. The van der Waals surface area contributed by atoms with Crippen molar-refractivity contribution in [1.82, 2.24) is 9.55 Å². The lowest BCUT2D eigenvalue weighted by Gasteiger charge is -2.20. The molecule has 1 atom stereocenters. The van der Waals surface area contributed by atoms with Gasteiger partial charge in [-0.2, -0.15) is 0 Å². The van der Waals surface area contributed by atoms with Gasteiger partial charge in [-0.1, -0.05) is 6.07 Å². The van der Waals surface area contributed by atoms with E-state index in [0.29, 0.717) is 6.04 Å². The summed E-state index contributed by atoms with van der Waals surface area (Å²) in [6.07, 6.45) is 4.35. The molecule has 3 rings (SSSR count). The minimum absolute atomic E-state index is 0.218. The molecule has 0 saturated heterocycles. The van der Waals surface area contributed by atoms with Crippen LogP contribution in [0.4, 0.5) is 0 Å². The number of benzene rings is 1. The van der Waals surface area contributed by atoms with Gasteiger partial charge in [0.2, 0.25) is 0 Å². The lowest BCUT2D eigenvalue weighted by atomic mass is 9.89. The lowest BCUT2D eigenvalue weighted by Crippen LogP contribution is -2.31. The maximum atomic E-state index is 6.14. The van der Waals surface area contributed by atoms with E-state index in [1.807, 2.05) is 6.33 Å². The number of hydrogen-bond donors (Lipinski definition) is 1. The Kier molecular flexibility index (Phi) is 2.49. The van der Waals surface area contributed by atoms with Crippen molar-refractivity contribution >= 4 is 11.0 Å². The Morgan fingerprint density at radius 2 is 2.00 bits per heavy atom. The summed E-state index contributed by atoms with van der Waals surface area (Å²) < 4.78 is 2.21. The minimum atomic E-state index is 0.218. The molecule has 1 unspecified atom stereocenters. The monoisotopic (exact) mass is 243 g/mol. The molecule has 0 aliphatic heterocycles. The van der Waals surface area contributed by atoms with Crippen LogP contribution in [0.3, 0.4) is 0 Å². The van der Waals surface area contributed by atoms with E-state index in [4.69, 9.17) is 5.73 Å². The number of hydrogen-bond acceptors (Lipinski definition) is 2. The maximum absolute atomic E-state index is 6.14. The van der Waals surface area contributed by atoms with E-state index in [9.17, 15) is 0 Å². The van der Waals surface area contributed by atoms with Gasteiger partial charge in [0.25, 0.3) is 0 Å². The highest BCUT2D eigenvalue weighted by Gasteiger charge is 2.47. The molecule has 3 nitrogen and oxygen atoms in total. The third-order valence-electron chi connectivity index (χ3n) is 4.37. The minimum Gasteiger partial charge on any atom is -0.328 e. The van der Waals surface area contributed by atoms with Crippen molar-refractivity contribution in [2.24, 2.45) is 5.73 Å². The third kappa shape index (κ3) is 1.57. The molecule has 1 heterocycles. The van der Waals surface area contributed by atoms with Crippen LogP contribution in [0.25, 0.3) is 11.0 Å². The Balaban J connectivity index is 2.08. The van der Waals surface area contributed by atoms with E-state index in [0.717, 1.165) is 5.52 Å². The quantitative estimate of drug-likeness (QED) is 0.900. The van der Waals surface area contributed by atoms with Gasteiger partial charge < -0.3 is 10.3 Å². The molecule has 0 amide bonds. The first-order valence-electron chi connectivity index (χ1n) is 6.77. The predicted octanol–water partition coefficient (Wildman–Crippen LogP) is 3.00. The smallest absolute Gasteiger partial charge is 0.0960 e. The van der Waals surface area contributed by atoms with Crippen LogP contribution < -0.4 is 5.73 Å². The summed E-state index contributed by atoms with van der Waals surface area (Å²) in [7, 11) is 0. The number of imidazole rings is 1. The largest absolute Gasteiger partial charge is 0.328 e.